The Bertz CT molecular complexity index is 949. The van der Waals surface area contributed by atoms with Gasteiger partial charge in [-0.05, 0) is 25.0 Å². The summed E-state index contributed by atoms with van der Waals surface area (Å²) in [4.78, 5) is 38.3. The van der Waals surface area contributed by atoms with Crippen molar-refractivity contribution in [2.75, 3.05) is 6.54 Å². The van der Waals surface area contributed by atoms with Crippen LogP contribution in [0.15, 0.2) is 40.1 Å². The number of nitrogens with one attached hydrogen (secondary N) is 2. The Morgan fingerprint density at radius 2 is 2.11 bits per heavy atom. The van der Waals surface area contributed by atoms with E-state index in [0.29, 0.717) is 17.5 Å². The van der Waals surface area contributed by atoms with Gasteiger partial charge in [-0.2, -0.15) is 0 Å². The standard InChI is InChI=1S/C19H23N3O5/c1-3-12-10-22(19(26)21-17(12)24)16-8-14(23)15(27-16)9-20-18(25)13-7-5-4-6-11(13)2/h4-7,10,14-16,23H,3,8-9H2,1-2H3,(H,20,25)(H,21,24,26). The lowest BCUT2D eigenvalue weighted by Gasteiger charge is -2.17. The third-order valence-corrected chi connectivity index (χ3v) is 4.79. The van der Waals surface area contributed by atoms with Crippen molar-refractivity contribution in [1.82, 2.24) is 14.9 Å². The number of ether oxygens (including phenoxy) is 1. The number of hydrogen-bond acceptors (Lipinski definition) is 5. The van der Waals surface area contributed by atoms with E-state index < -0.39 is 29.7 Å². The summed E-state index contributed by atoms with van der Waals surface area (Å²) in [5, 5.41) is 13.0. The number of aromatic amines is 1. The second-order valence-electron chi connectivity index (χ2n) is 6.63. The average Bonchev–Trinajstić information content (AvgIpc) is 3.00. The number of aromatic nitrogens is 2. The molecule has 2 heterocycles. The lowest BCUT2D eigenvalue weighted by molar-refractivity contribution is -0.0187. The number of hydrogen-bond donors (Lipinski definition) is 3. The van der Waals surface area contributed by atoms with E-state index >= 15 is 0 Å². The summed E-state index contributed by atoms with van der Waals surface area (Å²) < 4.78 is 7.06. The molecule has 3 atom stereocenters. The highest BCUT2D eigenvalue weighted by atomic mass is 16.5. The number of H-pyrrole nitrogens is 1. The van der Waals surface area contributed by atoms with E-state index in [-0.39, 0.29) is 18.9 Å². The second-order valence-corrected chi connectivity index (χ2v) is 6.63. The number of carbonyl (C=O) groups excluding carboxylic acids is 1. The van der Waals surface area contributed by atoms with E-state index in [1.165, 1.54) is 10.8 Å². The molecule has 27 heavy (non-hydrogen) atoms. The maximum absolute atomic E-state index is 12.3. The number of aliphatic hydroxyl groups excluding tert-OH is 1. The van der Waals surface area contributed by atoms with Crippen LogP contribution in [0.25, 0.3) is 0 Å². The minimum Gasteiger partial charge on any atom is -0.390 e. The van der Waals surface area contributed by atoms with Crippen molar-refractivity contribution < 1.29 is 14.6 Å². The van der Waals surface area contributed by atoms with Gasteiger partial charge >= 0.3 is 5.69 Å². The van der Waals surface area contributed by atoms with Crippen molar-refractivity contribution in [1.29, 1.82) is 0 Å². The van der Waals surface area contributed by atoms with Gasteiger partial charge in [0.05, 0.1) is 6.10 Å². The minimum atomic E-state index is -0.837. The Hall–Kier alpha value is -2.71. The maximum Gasteiger partial charge on any atom is 0.330 e. The Morgan fingerprint density at radius 3 is 2.81 bits per heavy atom. The molecule has 0 radical (unpaired) electrons. The number of rotatable bonds is 5. The summed E-state index contributed by atoms with van der Waals surface area (Å²) in [6, 6.07) is 7.21. The van der Waals surface area contributed by atoms with E-state index in [9.17, 15) is 19.5 Å². The van der Waals surface area contributed by atoms with Gasteiger partial charge < -0.3 is 15.2 Å². The van der Waals surface area contributed by atoms with Gasteiger partial charge in [-0.25, -0.2) is 4.79 Å². The van der Waals surface area contributed by atoms with Gasteiger partial charge in [-0.15, -0.1) is 0 Å². The zero-order valence-corrected chi connectivity index (χ0v) is 15.3. The minimum absolute atomic E-state index is 0.115. The van der Waals surface area contributed by atoms with Crippen molar-refractivity contribution in [3.05, 3.63) is 68.0 Å². The lowest BCUT2D eigenvalue weighted by Crippen LogP contribution is -2.37. The molecule has 144 valence electrons. The van der Waals surface area contributed by atoms with Gasteiger partial charge in [0, 0.05) is 30.3 Å². The first-order valence-corrected chi connectivity index (χ1v) is 8.92. The molecule has 1 aliphatic rings. The van der Waals surface area contributed by atoms with Crippen LogP contribution in [0, 0.1) is 6.92 Å². The fourth-order valence-corrected chi connectivity index (χ4v) is 3.18. The van der Waals surface area contributed by atoms with Gasteiger partial charge in [0.2, 0.25) is 0 Å². The van der Waals surface area contributed by atoms with Crippen molar-refractivity contribution in [3.63, 3.8) is 0 Å². The van der Waals surface area contributed by atoms with Crippen LogP contribution in [0.5, 0.6) is 0 Å². The van der Waals surface area contributed by atoms with E-state index in [1.807, 2.05) is 26.0 Å². The van der Waals surface area contributed by atoms with Gasteiger partial charge in [-0.3, -0.25) is 19.1 Å². The smallest absolute Gasteiger partial charge is 0.330 e. The van der Waals surface area contributed by atoms with Gasteiger partial charge in [0.25, 0.3) is 11.5 Å². The molecule has 1 aliphatic heterocycles. The summed E-state index contributed by atoms with van der Waals surface area (Å²) >= 11 is 0. The monoisotopic (exact) mass is 373 g/mol. The highest BCUT2D eigenvalue weighted by Gasteiger charge is 2.35. The van der Waals surface area contributed by atoms with Crippen molar-refractivity contribution in [3.8, 4) is 0 Å². The number of nitrogens with zero attached hydrogens (tertiary/aromatic N) is 1. The zero-order valence-electron chi connectivity index (χ0n) is 15.3. The Balaban J connectivity index is 1.69. The van der Waals surface area contributed by atoms with Crippen LogP contribution >= 0.6 is 0 Å². The second kappa shape index (κ2) is 7.89. The predicted octanol–water partition coefficient (Wildman–Crippen LogP) is 0.486. The fraction of sp³-hybridized carbons (Fsp3) is 0.421. The van der Waals surface area contributed by atoms with Crippen LogP contribution in [-0.2, 0) is 11.2 Å². The molecule has 0 spiro atoms. The molecule has 1 saturated heterocycles. The topological polar surface area (TPSA) is 113 Å². The summed E-state index contributed by atoms with van der Waals surface area (Å²) in [6.45, 7) is 3.77. The highest BCUT2D eigenvalue weighted by Crippen LogP contribution is 2.27. The third-order valence-electron chi connectivity index (χ3n) is 4.79. The summed E-state index contributed by atoms with van der Waals surface area (Å²) in [6.07, 6.45) is -0.0499. The maximum atomic E-state index is 12.3. The molecule has 1 amide bonds. The molecule has 3 unspecified atom stereocenters. The Morgan fingerprint density at radius 1 is 1.37 bits per heavy atom. The number of carbonyl (C=O) groups is 1. The largest absolute Gasteiger partial charge is 0.390 e. The van der Waals surface area contributed by atoms with E-state index in [4.69, 9.17) is 4.74 Å². The van der Waals surface area contributed by atoms with E-state index in [0.717, 1.165) is 5.56 Å². The molecule has 2 aromatic rings. The Labute approximate surface area is 155 Å². The summed E-state index contributed by atoms with van der Waals surface area (Å²) in [7, 11) is 0. The van der Waals surface area contributed by atoms with Crippen LogP contribution in [0.1, 0.15) is 41.1 Å². The first-order chi connectivity index (χ1) is 12.9. The molecule has 3 N–H and O–H groups in total. The molecule has 0 aliphatic carbocycles. The fourth-order valence-electron chi connectivity index (χ4n) is 3.18. The number of benzene rings is 1. The molecule has 0 bridgehead atoms. The van der Waals surface area contributed by atoms with Crippen LogP contribution in [0.3, 0.4) is 0 Å². The molecule has 1 aromatic carbocycles. The van der Waals surface area contributed by atoms with Crippen LogP contribution in [0.4, 0.5) is 0 Å². The highest BCUT2D eigenvalue weighted by molar-refractivity contribution is 5.95. The average molecular weight is 373 g/mol. The van der Waals surface area contributed by atoms with Gasteiger partial charge in [0.1, 0.15) is 12.3 Å². The molecule has 1 fully saturated rings. The molecule has 8 nitrogen and oxygen atoms in total. The van der Waals surface area contributed by atoms with Gasteiger partial charge in [0.15, 0.2) is 0 Å². The first kappa shape index (κ1) is 19.1. The molecule has 0 saturated carbocycles. The summed E-state index contributed by atoms with van der Waals surface area (Å²) in [5.41, 5.74) is 0.876. The predicted molar refractivity (Wildman–Crippen MR) is 98.7 cm³/mol. The van der Waals surface area contributed by atoms with Crippen molar-refractivity contribution >= 4 is 5.91 Å². The van der Waals surface area contributed by atoms with E-state index in [2.05, 4.69) is 10.3 Å². The third kappa shape index (κ3) is 4.01. The van der Waals surface area contributed by atoms with E-state index in [1.54, 1.807) is 12.1 Å². The molecular formula is C19H23N3O5. The number of amides is 1. The Kier molecular flexibility index (Phi) is 5.57. The van der Waals surface area contributed by atoms with Crippen LogP contribution < -0.4 is 16.6 Å². The number of aryl methyl sites for hydroxylation is 2. The van der Waals surface area contributed by atoms with Crippen molar-refractivity contribution in [2.24, 2.45) is 0 Å². The van der Waals surface area contributed by atoms with Crippen LogP contribution in [-0.4, -0.2) is 39.3 Å². The SMILES string of the molecule is CCc1cn(C2CC(O)C(CNC(=O)c3ccccc3C)O2)c(=O)[nH]c1=O. The number of aliphatic hydroxyl groups is 1. The molecule has 1 aromatic heterocycles. The first-order valence-electron chi connectivity index (χ1n) is 8.92. The van der Waals surface area contributed by atoms with Crippen LogP contribution in [0.2, 0.25) is 0 Å². The molecule has 3 rings (SSSR count). The molecule has 8 heteroatoms. The lowest BCUT2D eigenvalue weighted by atomic mass is 10.1. The summed E-state index contributed by atoms with van der Waals surface area (Å²) in [5.74, 6) is -0.248. The molecular weight excluding hydrogens is 350 g/mol. The zero-order chi connectivity index (χ0) is 19.6. The normalized spacial score (nSPS) is 22.0. The van der Waals surface area contributed by atoms with Gasteiger partial charge in [-0.1, -0.05) is 25.1 Å². The van der Waals surface area contributed by atoms with Crippen molar-refractivity contribution in [2.45, 2.75) is 45.1 Å². The quantitative estimate of drug-likeness (QED) is 0.706.